The maximum atomic E-state index is 12.5. The molecule has 2 aromatic carbocycles. The number of hydrogen-bond acceptors (Lipinski definition) is 5. The van der Waals surface area contributed by atoms with E-state index in [1.165, 1.54) is 0 Å². The molecule has 0 spiro atoms. The van der Waals surface area contributed by atoms with Gasteiger partial charge in [0.25, 0.3) is 0 Å². The van der Waals surface area contributed by atoms with Crippen LogP contribution in [0.15, 0.2) is 83.9 Å². The molecule has 0 unspecified atom stereocenters. The molecule has 0 aliphatic carbocycles. The van der Waals surface area contributed by atoms with Crippen LogP contribution in [0, 0.1) is 0 Å². The zero-order chi connectivity index (χ0) is 23.7. The number of anilines is 1. The molecule has 0 bridgehead atoms. The molecule has 0 atom stereocenters. The third-order valence-electron chi connectivity index (χ3n) is 5.68. The monoisotopic (exact) mass is 451 g/mol. The fourth-order valence-electron chi connectivity index (χ4n) is 3.77. The predicted octanol–water partition coefficient (Wildman–Crippen LogP) is 5.55. The number of benzene rings is 2. The van der Waals surface area contributed by atoms with Crippen LogP contribution >= 0.6 is 0 Å². The van der Waals surface area contributed by atoms with Crippen molar-refractivity contribution >= 4 is 22.8 Å². The Labute approximate surface area is 197 Å². The van der Waals surface area contributed by atoms with Crippen molar-refractivity contribution in [1.29, 1.82) is 0 Å². The molecule has 3 heterocycles. The first-order valence-electron chi connectivity index (χ1n) is 11.1. The highest BCUT2D eigenvalue weighted by atomic mass is 16.5. The highest BCUT2D eigenvalue weighted by Gasteiger charge is 2.19. The Morgan fingerprint density at radius 1 is 0.971 bits per heavy atom. The molecule has 0 aliphatic heterocycles. The van der Waals surface area contributed by atoms with Crippen LogP contribution in [-0.2, 0) is 16.6 Å². The van der Waals surface area contributed by atoms with Gasteiger partial charge in [-0.05, 0) is 53.1 Å². The average molecular weight is 452 g/mol. The first-order chi connectivity index (χ1) is 16.4. The summed E-state index contributed by atoms with van der Waals surface area (Å²) in [5.74, 6) is 0.212. The normalized spacial score (nSPS) is 11.6. The molecule has 1 N–H and O–H groups in total. The number of carbonyl (C=O) groups is 1. The summed E-state index contributed by atoms with van der Waals surface area (Å²) < 4.78 is 7.29. The summed E-state index contributed by atoms with van der Waals surface area (Å²) in [6, 6.07) is 19.9. The second-order valence-electron chi connectivity index (χ2n) is 9.27. The highest BCUT2D eigenvalue weighted by Crippen LogP contribution is 2.26. The van der Waals surface area contributed by atoms with Gasteiger partial charge in [0, 0.05) is 29.6 Å². The van der Waals surface area contributed by atoms with Gasteiger partial charge in [-0.1, -0.05) is 44.1 Å². The molecule has 1 amide bonds. The van der Waals surface area contributed by atoms with Gasteiger partial charge in [0.05, 0.1) is 23.1 Å². The van der Waals surface area contributed by atoms with E-state index in [1.54, 1.807) is 18.5 Å². The molecule has 170 valence electrons. The minimum absolute atomic E-state index is 0.138. The summed E-state index contributed by atoms with van der Waals surface area (Å²) in [7, 11) is 0. The first-order valence-corrected chi connectivity index (χ1v) is 11.1. The SMILES string of the molecule is CC(C)(C)c1cc(NC(=O)Cc2ccc(-n3cnc4cc(-c5ccncc5)ccc43)cc2)on1. The molecule has 7 heteroatoms. The smallest absolute Gasteiger partial charge is 0.231 e. The van der Waals surface area contributed by atoms with Gasteiger partial charge in [-0.25, -0.2) is 4.98 Å². The number of nitrogens with zero attached hydrogens (tertiary/aromatic N) is 4. The lowest BCUT2D eigenvalue weighted by molar-refractivity contribution is -0.115. The number of imidazole rings is 1. The maximum absolute atomic E-state index is 12.5. The van der Waals surface area contributed by atoms with E-state index in [1.807, 2.05) is 68.1 Å². The van der Waals surface area contributed by atoms with Crippen molar-refractivity contribution in [1.82, 2.24) is 19.7 Å². The minimum atomic E-state index is -0.152. The van der Waals surface area contributed by atoms with E-state index < -0.39 is 0 Å². The van der Waals surface area contributed by atoms with Crippen LogP contribution in [0.1, 0.15) is 32.0 Å². The van der Waals surface area contributed by atoms with Crippen LogP contribution < -0.4 is 5.32 Å². The molecule has 7 nitrogen and oxygen atoms in total. The summed E-state index contributed by atoms with van der Waals surface area (Å²) >= 11 is 0. The molecular formula is C27H25N5O2. The van der Waals surface area contributed by atoms with Crippen LogP contribution in [0.3, 0.4) is 0 Å². The molecule has 0 saturated carbocycles. The largest absolute Gasteiger partial charge is 0.338 e. The molecule has 3 aromatic heterocycles. The summed E-state index contributed by atoms with van der Waals surface area (Å²) in [6.45, 7) is 6.13. The second kappa shape index (κ2) is 8.59. The van der Waals surface area contributed by atoms with E-state index in [9.17, 15) is 4.79 Å². The summed E-state index contributed by atoms with van der Waals surface area (Å²) in [4.78, 5) is 21.1. The van der Waals surface area contributed by atoms with Crippen LogP contribution in [0.4, 0.5) is 5.88 Å². The molecule has 5 rings (SSSR count). The fourth-order valence-corrected chi connectivity index (χ4v) is 3.77. The van der Waals surface area contributed by atoms with Gasteiger partial charge >= 0.3 is 0 Å². The van der Waals surface area contributed by atoms with E-state index in [-0.39, 0.29) is 17.7 Å². The molecule has 0 fully saturated rings. The van der Waals surface area contributed by atoms with Crippen molar-refractivity contribution in [2.24, 2.45) is 0 Å². The zero-order valence-corrected chi connectivity index (χ0v) is 19.3. The molecule has 0 aliphatic rings. The minimum Gasteiger partial charge on any atom is -0.338 e. The van der Waals surface area contributed by atoms with Gasteiger partial charge in [0.2, 0.25) is 11.8 Å². The van der Waals surface area contributed by atoms with Crippen molar-refractivity contribution in [3.8, 4) is 16.8 Å². The van der Waals surface area contributed by atoms with Crippen molar-refractivity contribution in [3.05, 3.63) is 90.6 Å². The number of carbonyl (C=O) groups excluding carboxylic acids is 1. The topological polar surface area (TPSA) is 85.8 Å². The summed E-state index contributed by atoms with van der Waals surface area (Å²) in [6.07, 6.45) is 5.63. The standard InChI is InChI=1S/C27H25N5O2/c1-27(2,3)24-16-26(34-31-24)30-25(33)14-18-4-7-21(8-5-18)32-17-29-22-15-20(6-9-23(22)32)19-10-12-28-13-11-19/h4-13,15-17H,14H2,1-3H3,(H,30,33). The number of aromatic nitrogens is 4. The maximum Gasteiger partial charge on any atom is 0.231 e. The number of nitrogens with one attached hydrogen (secondary N) is 1. The third-order valence-corrected chi connectivity index (χ3v) is 5.68. The Balaban J connectivity index is 1.29. The van der Waals surface area contributed by atoms with E-state index in [2.05, 4.69) is 38.6 Å². The Morgan fingerprint density at radius 2 is 1.74 bits per heavy atom. The highest BCUT2D eigenvalue weighted by molar-refractivity contribution is 5.91. The quantitative estimate of drug-likeness (QED) is 0.378. The Bertz CT molecular complexity index is 1440. The molecule has 5 aromatic rings. The predicted molar refractivity (Wildman–Crippen MR) is 132 cm³/mol. The van der Waals surface area contributed by atoms with Gasteiger partial charge in [-0.3, -0.25) is 19.7 Å². The van der Waals surface area contributed by atoms with Crippen molar-refractivity contribution in [2.75, 3.05) is 5.32 Å². The second-order valence-corrected chi connectivity index (χ2v) is 9.27. The number of hydrogen-bond donors (Lipinski definition) is 1. The number of rotatable bonds is 5. The summed E-state index contributed by atoms with van der Waals surface area (Å²) in [5.41, 5.74) is 6.68. The number of fused-ring (bicyclic) bond motifs is 1. The fraction of sp³-hybridized carbons (Fsp3) is 0.185. The lowest BCUT2D eigenvalue weighted by atomic mass is 9.92. The van der Waals surface area contributed by atoms with Crippen molar-refractivity contribution in [3.63, 3.8) is 0 Å². The van der Waals surface area contributed by atoms with Gasteiger partial charge < -0.3 is 4.52 Å². The van der Waals surface area contributed by atoms with Gasteiger partial charge in [0.15, 0.2) is 0 Å². The van der Waals surface area contributed by atoms with Crippen molar-refractivity contribution < 1.29 is 9.32 Å². The van der Waals surface area contributed by atoms with Crippen LogP contribution in [0.25, 0.3) is 27.8 Å². The molecule has 34 heavy (non-hydrogen) atoms. The van der Waals surface area contributed by atoms with Gasteiger partial charge in [0.1, 0.15) is 6.33 Å². The molecular weight excluding hydrogens is 426 g/mol. The van der Waals surface area contributed by atoms with E-state index >= 15 is 0 Å². The van der Waals surface area contributed by atoms with Crippen LogP contribution in [0.2, 0.25) is 0 Å². The van der Waals surface area contributed by atoms with E-state index in [4.69, 9.17) is 4.52 Å². The lowest BCUT2D eigenvalue weighted by Gasteiger charge is -2.12. The molecule has 0 radical (unpaired) electrons. The van der Waals surface area contributed by atoms with E-state index in [0.29, 0.717) is 5.88 Å². The Hall–Kier alpha value is -4.26. The average Bonchev–Trinajstić information content (AvgIpc) is 3.47. The zero-order valence-electron chi connectivity index (χ0n) is 19.3. The van der Waals surface area contributed by atoms with Crippen LogP contribution in [0.5, 0.6) is 0 Å². The van der Waals surface area contributed by atoms with Crippen LogP contribution in [-0.4, -0.2) is 25.6 Å². The molecule has 0 saturated heterocycles. The Kier molecular flexibility index (Phi) is 5.45. The van der Waals surface area contributed by atoms with Crippen molar-refractivity contribution in [2.45, 2.75) is 32.6 Å². The number of amides is 1. The van der Waals surface area contributed by atoms with Gasteiger partial charge in [-0.2, -0.15) is 0 Å². The van der Waals surface area contributed by atoms with E-state index in [0.717, 1.165) is 39.1 Å². The number of pyridine rings is 1. The Morgan fingerprint density at radius 3 is 2.44 bits per heavy atom. The lowest BCUT2D eigenvalue weighted by Crippen LogP contribution is -2.14. The third kappa shape index (κ3) is 4.45. The first kappa shape index (κ1) is 21.6. The summed E-state index contributed by atoms with van der Waals surface area (Å²) in [5, 5.41) is 6.81. The van der Waals surface area contributed by atoms with Gasteiger partial charge in [-0.15, -0.1) is 0 Å².